The summed E-state index contributed by atoms with van der Waals surface area (Å²) in [7, 11) is -4.29. The summed E-state index contributed by atoms with van der Waals surface area (Å²) >= 11 is 6.35. The molecule has 0 radical (unpaired) electrons. The molecule has 0 aliphatic heterocycles. The van der Waals surface area contributed by atoms with Crippen LogP contribution in [0.25, 0.3) is 0 Å². The van der Waals surface area contributed by atoms with Crippen LogP contribution in [0.15, 0.2) is 71.6 Å². The number of nitrogens with one attached hydrogen (secondary N) is 3. The Morgan fingerprint density at radius 3 is 1.68 bits per heavy atom. The van der Waals surface area contributed by atoms with Crippen LogP contribution in [-0.2, 0) is 10.1 Å². The maximum absolute atomic E-state index is 11.3. The van der Waals surface area contributed by atoms with E-state index in [-0.39, 0.29) is 22.7 Å². The molecule has 174 valence electrons. The molecular formula is C23H21ClN6O3S. The molecule has 9 nitrogen and oxygen atoms in total. The molecule has 4 N–H and O–H groups in total. The first-order valence-electron chi connectivity index (χ1n) is 10.1. The van der Waals surface area contributed by atoms with E-state index in [9.17, 15) is 13.0 Å². The lowest BCUT2D eigenvalue weighted by Gasteiger charge is -2.12. The summed E-state index contributed by atoms with van der Waals surface area (Å²) in [6.07, 6.45) is 0. The van der Waals surface area contributed by atoms with Gasteiger partial charge in [-0.15, -0.1) is 0 Å². The summed E-state index contributed by atoms with van der Waals surface area (Å²) in [5.74, 6) is 0.726. The zero-order valence-electron chi connectivity index (χ0n) is 18.2. The van der Waals surface area contributed by atoms with Crippen LogP contribution in [0, 0.1) is 13.8 Å². The standard InChI is InChI=1S/C23H21ClN6O3S/c1-14-3-6-16(7-4-14)25-21-28-22(26-17-8-10-18(11-9-17)34(31,32)33)30-23(29-21)27-20-12-5-15(2)13-19(20)24/h3-13H,1-2H3,(H,31,32,33)(H3,25,26,27,28,29,30). The number of anilines is 6. The minimum Gasteiger partial charge on any atom is -0.324 e. The van der Waals surface area contributed by atoms with Crippen molar-refractivity contribution in [3.05, 3.63) is 82.9 Å². The van der Waals surface area contributed by atoms with E-state index in [4.69, 9.17) is 11.6 Å². The first kappa shape index (κ1) is 23.4. The number of hydrogen-bond donors (Lipinski definition) is 4. The number of hydrogen-bond acceptors (Lipinski definition) is 8. The van der Waals surface area contributed by atoms with Crippen LogP contribution in [0.5, 0.6) is 0 Å². The van der Waals surface area contributed by atoms with Crippen LogP contribution >= 0.6 is 11.6 Å². The Labute approximate surface area is 202 Å². The van der Waals surface area contributed by atoms with Crippen LogP contribution in [0.3, 0.4) is 0 Å². The molecule has 1 heterocycles. The maximum atomic E-state index is 11.3. The molecule has 0 saturated carbocycles. The predicted molar refractivity (Wildman–Crippen MR) is 133 cm³/mol. The highest BCUT2D eigenvalue weighted by molar-refractivity contribution is 7.85. The maximum Gasteiger partial charge on any atom is 0.294 e. The minimum atomic E-state index is -4.29. The molecule has 4 rings (SSSR count). The Balaban J connectivity index is 1.66. The average molecular weight is 497 g/mol. The van der Waals surface area contributed by atoms with E-state index in [1.807, 2.05) is 56.3 Å². The summed E-state index contributed by atoms with van der Waals surface area (Å²) in [5.41, 5.74) is 4.07. The molecule has 0 spiro atoms. The van der Waals surface area contributed by atoms with Crippen LogP contribution < -0.4 is 16.0 Å². The number of benzene rings is 3. The smallest absolute Gasteiger partial charge is 0.294 e. The molecule has 4 aromatic rings. The summed E-state index contributed by atoms with van der Waals surface area (Å²) in [4.78, 5) is 13.0. The van der Waals surface area contributed by atoms with Crippen molar-refractivity contribution >= 4 is 56.6 Å². The van der Waals surface area contributed by atoms with Crippen LogP contribution in [-0.4, -0.2) is 27.9 Å². The summed E-state index contributed by atoms with van der Waals surface area (Å²) in [6, 6.07) is 18.8. The first-order valence-corrected chi connectivity index (χ1v) is 11.9. The lowest BCUT2D eigenvalue weighted by molar-refractivity contribution is 0.483. The van der Waals surface area contributed by atoms with Gasteiger partial charge in [0.15, 0.2) is 0 Å². The molecule has 1 aromatic heterocycles. The van der Waals surface area contributed by atoms with Crippen LogP contribution in [0.1, 0.15) is 11.1 Å². The molecule has 34 heavy (non-hydrogen) atoms. The predicted octanol–water partition coefficient (Wildman–Crippen LogP) is 5.62. The third-order valence-corrected chi connectivity index (χ3v) is 5.90. The summed E-state index contributed by atoms with van der Waals surface area (Å²) in [5, 5.41) is 9.79. The Hall–Kier alpha value is -3.73. The Kier molecular flexibility index (Phi) is 6.64. The molecule has 11 heteroatoms. The van der Waals surface area contributed by atoms with E-state index in [1.54, 1.807) is 0 Å². The van der Waals surface area contributed by atoms with Crippen molar-refractivity contribution in [1.29, 1.82) is 0 Å². The Morgan fingerprint density at radius 1 is 0.706 bits per heavy atom. The fraction of sp³-hybridized carbons (Fsp3) is 0.0870. The molecule has 0 amide bonds. The zero-order valence-corrected chi connectivity index (χ0v) is 19.8. The van der Waals surface area contributed by atoms with Crippen molar-refractivity contribution in [2.75, 3.05) is 16.0 Å². The fourth-order valence-electron chi connectivity index (χ4n) is 2.99. The number of aromatic nitrogens is 3. The van der Waals surface area contributed by atoms with E-state index in [0.717, 1.165) is 16.8 Å². The highest BCUT2D eigenvalue weighted by Gasteiger charge is 2.12. The third-order valence-electron chi connectivity index (χ3n) is 4.72. The lowest BCUT2D eigenvalue weighted by atomic mass is 10.2. The Bertz CT molecular complexity index is 1430. The van der Waals surface area contributed by atoms with Gasteiger partial charge in [-0.25, -0.2) is 0 Å². The molecular weight excluding hydrogens is 476 g/mol. The zero-order chi connectivity index (χ0) is 24.3. The summed E-state index contributed by atoms with van der Waals surface area (Å²) < 4.78 is 31.7. The van der Waals surface area contributed by atoms with Gasteiger partial charge in [0.2, 0.25) is 17.8 Å². The van der Waals surface area contributed by atoms with E-state index >= 15 is 0 Å². The van der Waals surface area contributed by atoms with Crippen molar-refractivity contribution in [3.63, 3.8) is 0 Å². The molecule has 0 saturated heterocycles. The quantitative estimate of drug-likeness (QED) is 0.241. The largest absolute Gasteiger partial charge is 0.324 e. The monoisotopic (exact) mass is 496 g/mol. The fourth-order valence-corrected chi connectivity index (χ4v) is 3.75. The SMILES string of the molecule is Cc1ccc(Nc2nc(Nc3ccc(S(=O)(=O)O)cc3)nc(Nc3ccc(C)cc3Cl)n2)cc1. The highest BCUT2D eigenvalue weighted by atomic mass is 35.5. The number of nitrogens with zero attached hydrogens (tertiary/aromatic N) is 3. The van der Waals surface area contributed by atoms with Gasteiger partial charge in [-0.1, -0.05) is 35.4 Å². The minimum absolute atomic E-state index is 0.204. The number of aryl methyl sites for hydroxylation is 2. The normalized spacial score (nSPS) is 11.2. The molecule has 3 aromatic carbocycles. The van der Waals surface area contributed by atoms with Gasteiger partial charge in [-0.3, -0.25) is 4.55 Å². The van der Waals surface area contributed by atoms with E-state index in [2.05, 4.69) is 30.9 Å². The van der Waals surface area contributed by atoms with E-state index in [1.165, 1.54) is 24.3 Å². The van der Waals surface area contributed by atoms with Crippen molar-refractivity contribution in [3.8, 4) is 0 Å². The second kappa shape index (κ2) is 9.64. The lowest BCUT2D eigenvalue weighted by Crippen LogP contribution is -2.07. The van der Waals surface area contributed by atoms with Gasteiger partial charge < -0.3 is 16.0 Å². The Morgan fingerprint density at radius 2 is 1.18 bits per heavy atom. The first-order chi connectivity index (χ1) is 16.2. The molecule has 0 bridgehead atoms. The van der Waals surface area contributed by atoms with Crippen molar-refractivity contribution in [1.82, 2.24) is 15.0 Å². The molecule has 0 aliphatic rings. The second-order valence-corrected chi connectivity index (χ2v) is 9.36. The second-order valence-electron chi connectivity index (χ2n) is 7.53. The van der Waals surface area contributed by atoms with Gasteiger partial charge in [-0.05, 0) is 67.9 Å². The summed E-state index contributed by atoms with van der Waals surface area (Å²) in [6.45, 7) is 3.94. The van der Waals surface area contributed by atoms with Gasteiger partial charge in [0.25, 0.3) is 10.1 Å². The highest BCUT2D eigenvalue weighted by Crippen LogP contribution is 2.27. The van der Waals surface area contributed by atoms with E-state index < -0.39 is 10.1 Å². The third kappa shape index (κ3) is 5.98. The van der Waals surface area contributed by atoms with Gasteiger partial charge >= 0.3 is 0 Å². The van der Waals surface area contributed by atoms with Gasteiger partial charge in [0, 0.05) is 11.4 Å². The number of rotatable bonds is 7. The van der Waals surface area contributed by atoms with Gasteiger partial charge in [0.1, 0.15) is 0 Å². The topological polar surface area (TPSA) is 129 Å². The number of halogens is 1. The van der Waals surface area contributed by atoms with Gasteiger partial charge in [-0.2, -0.15) is 23.4 Å². The van der Waals surface area contributed by atoms with Gasteiger partial charge in [0.05, 0.1) is 15.6 Å². The molecule has 0 atom stereocenters. The van der Waals surface area contributed by atoms with Crippen LogP contribution in [0.4, 0.5) is 34.9 Å². The van der Waals surface area contributed by atoms with Crippen molar-refractivity contribution < 1.29 is 13.0 Å². The molecule has 0 unspecified atom stereocenters. The molecule has 0 aliphatic carbocycles. The molecule has 0 fully saturated rings. The van der Waals surface area contributed by atoms with Crippen LogP contribution in [0.2, 0.25) is 5.02 Å². The van der Waals surface area contributed by atoms with E-state index in [0.29, 0.717) is 16.4 Å². The van der Waals surface area contributed by atoms with Crippen molar-refractivity contribution in [2.24, 2.45) is 0 Å². The van der Waals surface area contributed by atoms with Crippen molar-refractivity contribution in [2.45, 2.75) is 18.7 Å². The average Bonchev–Trinajstić information content (AvgIpc) is 2.77.